The molecule has 0 saturated carbocycles. The summed E-state index contributed by atoms with van der Waals surface area (Å²) >= 11 is 0. The summed E-state index contributed by atoms with van der Waals surface area (Å²) in [6.45, 7) is 15.0. The van der Waals surface area contributed by atoms with E-state index in [-0.39, 0.29) is 0 Å². The number of aliphatic imine (C=N–C) groups is 1. The van der Waals surface area contributed by atoms with Gasteiger partial charge in [0.15, 0.2) is 5.96 Å². The molecule has 0 radical (unpaired) electrons. The molecule has 0 aliphatic carbocycles. The van der Waals surface area contributed by atoms with Crippen LogP contribution in [0.5, 0.6) is 0 Å². The number of hydrogen-bond donors (Lipinski definition) is 2. The summed E-state index contributed by atoms with van der Waals surface area (Å²) in [6, 6.07) is 0.431. The minimum Gasteiger partial charge on any atom is -0.357 e. The molecule has 0 aromatic rings. The number of guanidine groups is 1. The molecule has 0 aromatic carbocycles. The van der Waals surface area contributed by atoms with E-state index in [9.17, 15) is 0 Å². The molecule has 0 fully saturated rings. The zero-order chi connectivity index (χ0) is 12.6. The molecule has 0 atom stereocenters. The van der Waals surface area contributed by atoms with Crippen LogP contribution in [0.15, 0.2) is 4.99 Å². The van der Waals surface area contributed by atoms with Crippen molar-refractivity contribution in [3.8, 4) is 0 Å². The summed E-state index contributed by atoms with van der Waals surface area (Å²) in [6.07, 6.45) is 2.37. The van der Waals surface area contributed by atoms with E-state index in [1.807, 2.05) is 0 Å². The fraction of sp³-hybridized carbons (Fsp3) is 0.923. The second-order valence-corrected chi connectivity index (χ2v) is 5.72. The maximum absolute atomic E-state index is 4.55. The smallest absolute Gasteiger partial charge is 0.191 e. The predicted octanol–water partition coefficient (Wildman–Crippen LogP) is 2.78. The van der Waals surface area contributed by atoms with Crippen molar-refractivity contribution in [3.63, 3.8) is 0 Å². The Morgan fingerprint density at radius 1 is 1.25 bits per heavy atom. The summed E-state index contributed by atoms with van der Waals surface area (Å²) in [7, 11) is 0. The van der Waals surface area contributed by atoms with Gasteiger partial charge in [0.1, 0.15) is 0 Å². The van der Waals surface area contributed by atoms with E-state index in [2.05, 4.69) is 57.2 Å². The SMILES string of the molecule is CCNC(=NCCCC(C)(C)C)NC(C)C. The highest BCUT2D eigenvalue weighted by Gasteiger charge is 2.08. The lowest BCUT2D eigenvalue weighted by Gasteiger charge is -2.17. The molecule has 0 aliphatic heterocycles. The van der Waals surface area contributed by atoms with Crippen LogP contribution >= 0.6 is 0 Å². The van der Waals surface area contributed by atoms with Gasteiger partial charge in [-0.15, -0.1) is 0 Å². The molecular weight excluding hydrogens is 198 g/mol. The molecule has 0 aliphatic rings. The predicted molar refractivity (Wildman–Crippen MR) is 72.9 cm³/mol. The van der Waals surface area contributed by atoms with Crippen molar-refractivity contribution in [1.29, 1.82) is 0 Å². The Kier molecular flexibility index (Phi) is 7.18. The lowest BCUT2D eigenvalue weighted by Crippen LogP contribution is -2.41. The van der Waals surface area contributed by atoms with Gasteiger partial charge in [0, 0.05) is 19.1 Å². The van der Waals surface area contributed by atoms with Crippen molar-refractivity contribution < 1.29 is 0 Å². The molecule has 96 valence electrons. The van der Waals surface area contributed by atoms with Crippen molar-refractivity contribution in [2.75, 3.05) is 13.1 Å². The van der Waals surface area contributed by atoms with Gasteiger partial charge in [-0.3, -0.25) is 4.99 Å². The van der Waals surface area contributed by atoms with E-state index in [0.717, 1.165) is 25.5 Å². The highest BCUT2D eigenvalue weighted by molar-refractivity contribution is 5.79. The van der Waals surface area contributed by atoms with Crippen LogP contribution in [0.4, 0.5) is 0 Å². The number of nitrogens with one attached hydrogen (secondary N) is 2. The maximum atomic E-state index is 4.55. The molecule has 3 nitrogen and oxygen atoms in total. The Labute approximate surface area is 101 Å². The second kappa shape index (κ2) is 7.53. The first-order valence-electron chi connectivity index (χ1n) is 6.40. The van der Waals surface area contributed by atoms with Gasteiger partial charge in [-0.05, 0) is 39.0 Å². The van der Waals surface area contributed by atoms with Crippen LogP contribution in [0, 0.1) is 5.41 Å². The minimum atomic E-state index is 0.416. The molecule has 0 saturated heterocycles. The third-order valence-electron chi connectivity index (χ3n) is 2.12. The summed E-state index contributed by atoms with van der Waals surface area (Å²) in [4.78, 5) is 4.55. The third kappa shape index (κ3) is 9.81. The van der Waals surface area contributed by atoms with Gasteiger partial charge >= 0.3 is 0 Å². The van der Waals surface area contributed by atoms with Crippen LogP contribution in [-0.4, -0.2) is 25.1 Å². The lowest BCUT2D eigenvalue weighted by molar-refractivity contribution is 0.368. The summed E-state index contributed by atoms with van der Waals surface area (Å²) in [5, 5.41) is 6.57. The fourth-order valence-corrected chi connectivity index (χ4v) is 1.39. The highest BCUT2D eigenvalue weighted by Crippen LogP contribution is 2.20. The first kappa shape index (κ1) is 15.3. The lowest BCUT2D eigenvalue weighted by atomic mass is 9.91. The van der Waals surface area contributed by atoms with Gasteiger partial charge in [0.25, 0.3) is 0 Å². The van der Waals surface area contributed by atoms with E-state index in [4.69, 9.17) is 0 Å². The van der Waals surface area contributed by atoms with E-state index < -0.39 is 0 Å². The molecule has 3 heteroatoms. The molecular formula is C13H29N3. The first-order chi connectivity index (χ1) is 7.35. The van der Waals surface area contributed by atoms with Crippen LogP contribution in [0.3, 0.4) is 0 Å². The zero-order valence-electron chi connectivity index (χ0n) is 11.9. The van der Waals surface area contributed by atoms with E-state index in [0.29, 0.717) is 11.5 Å². The Balaban J connectivity index is 3.94. The third-order valence-corrected chi connectivity index (χ3v) is 2.12. The number of nitrogens with zero attached hydrogens (tertiary/aromatic N) is 1. The molecule has 0 amide bonds. The average Bonchev–Trinajstić information content (AvgIpc) is 2.10. The van der Waals surface area contributed by atoms with Crippen LogP contribution in [0.25, 0.3) is 0 Å². The fourth-order valence-electron chi connectivity index (χ4n) is 1.39. The van der Waals surface area contributed by atoms with Crippen molar-refractivity contribution in [2.24, 2.45) is 10.4 Å². The monoisotopic (exact) mass is 227 g/mol. The van der Waals surface area contributed by atoms with Gasteiger partial charge in [-0.1, -0.05) is 20.8 Å². The van der Waals surface area contributed by atoms with Crippen molar-refractivity contribution in [2.45, 2.75) is 60.4 Å². The molecule has 0 heterocycles. The first-order valence-corrected chi connectivity index (χ1v) is 6.40. The van der Waals surface area contributed by atoms with E-state index >= 15 is 0 Å². The molecule has 16 heavy (non-hydrogen) atoms. The van der Waals surface area contributed by atoms with Gasteiger partial charge in [-0.25, -0.2) is 0 Å². The van der Waals surface area contributed by atoms with Gasteiger partial charge in [0.05, 0.1) is 0 Å². The van der Waals surface area contributed by atoms with E-state index in [1.54, 1.807) is 0 Å². The maximum Gasteiger partial charge on any atom is 0.191 e. The van der Waals surface area contributed by atoms with Crippen molar-refractivity contribution >= 4 is 5.96 Å². The topological polar surface area (TPSA) is 36.4 Å². The van der Waals surface area contributed by atoms with Crippen molar-refractivity contribution in [3.05, 3.63) is 0 Å². The summed E-state index contributed by atoms with van der Waals surface area (Å²) < 4.78 is 0. The van der Waals surface area contributed by atoms with Crippen LogP contribution < -0.4 is 10.6 Å². The quantitative estimate of drug-likeness (QED) is 0.430. The summed E-state index contributed by atoms with van der Waals surface area (Å²) in [5.74, 6) is 0.936. The van der Waals surface area contributed by atoms with Gasteiger partial charge in [0.2, 0.25) is 0 Å². The molecule has 0 spiro atoms. The largest absolute Gasteiger partial charge is 0.357 e. The van der Waals surface area contributed by atoms with E-state index in [1.165, 1.54) is 6.42 Å². The normalized spacial score (nSPS) is 13.1. The Bertz CT molecular complexity index is 202. The minimum absolute atomic E-state index is 0.416. The van der Waals surface area contributed by atoms with Crippen LogP contribution in [0.1, 0.15) is 54.4 Å². The zero-order valence-corrected chi connectivity index (χ0v) is 11.9. The number of hydrogen-bond acceptors (Lipinski definition) is 1. The Morgan fingerprint density at radius 3 is 2.31 bits per heavy atom. The second-order valence-electron chi connectivity index (χ2n) is 5.72. The summed E-state index contributed by atoms with van der Waals surface area (Å²) in [5.41, 5.74) is 0.416. The Hall–Kier alpha value is -0.730. The molecule has 0 rings (SSSR count). The molecule has 0 unspecified atom stereocenters. The molecule has 0 aromatic heterocycles. The molecule has 2 N–H and O–H groups in total. The van der Waals surface area contributed by atoms with Gasteiger partial charge < -0.3 is 10.6 Å². The van der Waals surface area contributed by atoms with Crippen LogP contribution in [-0.2, 0) is 0 Å². The van der Waals surface area contributed by atoms with Crippen LogP contribution in [0.2, 0.25) is 0 Å². The van der Waals surface area contributed by atoms with Crippen molar-refractivity contribution in [1.82, 2.24) is 10.6 Å². The molecule has 0 bridgehead atoms. The Morgan fingerprint density at radius 2 is 1.88 bits per heavy atom. The standard InChI is InChI=1S/C13H29N3/c1-7-14-12(16-11(2)3)15-10-8-9-13(4,5)6/h11H,7-10H2,1-6H3,(H2,14,15,16). The van der Waals surface area contributed by atoms with Gasteiger partial charge in [-0.2, -0.15) is 0 Å². The highest BCUT2D eigenvalue weighted by atomic mass is 15.2. The number of rotatable bonds is 5. The average molecular weight is 227 g/mol.